The van der Waals surface area contributed by atoms with Crippen LogP contribution in [0.3, 0.4) is 0 Å². The molecule has 0 radical (unpaired) electrons. The van der Waals surface area contributed by atoms with Crippen LogP contribution in [0, 0.1) is 17.0 Å². The number of aryl methyl sites for hydroxylation is 1. The third kappa shape index (κ3) is 4.46. The smallest absolute Gasteiger partial charge is 0.309 e. The van der Waals surface area contributed by atoms with Gasteiger partial charge in [-0.15, -0.1) is 0 Å². The van der Waals surface area contributed by atoms with E-state index >= 15 is 0 Å². The number of ether oxygens (including phenoxy) is 2. The topological polar surface area (TPSA) is 78.7 Å². The second kappa shape index (κ2) is 8.74. The first-order valence-electron chi connectivity index (χ1n) is 7.96. The van der Waals surface area contributed by atoms with Crippen LogP contribution in [0.4, 0.5) is 5.69 Å². The highest BCUT2D eigenvalue weighted by molar-refractivity contribution is 6.51. The molecule has 0 aliphatic heterocycles. The first kappa shape index (κ1) is 22.6. The zero-order valence-electron chi connectivity index (χ0n) is 15.2. The summed E-state index contributed by atoms with van der Waals surface area (Å²) >= 11 is 24.2. The van der Waals surface area contributed by atoms with Gasteiger partial charge in [0.1, 0.15) is 31.6 Å². The van der Waals surface area contributed by atoms with E-state index in [0.29, 0.717) is 17.1 Å². The van der Waals surface area contributed by atoms with Crippen molar-refractivity contribution in [3.8, 4) is 17.2 Å². The average molecular weight is 467 g/mol. The Balaban J connectivity index is 2.61. The Hall–Kier alpha value is -1.73. The molecule has 0 unspecified atom stereocenters. The first-order chi connectivity index (χ1) is 13.0. The molecule has 0 fully saturated rings. The van der Waals surface area contributed by atoms with Gasteiger partial charge in [0.25, 0.3) is 0 Å². The van der Waals surface area contributed by atoms with Crippen LogP contribution in [-0.2, 0) is 4.79 Å². The lowest BCUT2D eigenvalue weighted by Crippen LogP contribution is -2.07. The van der Waals surface area contributed by atoms with Gasteiger partial charge in [0, 0.05) is 12.5 Å². The largest absolute Gasteiger partial charge is 0.454 e. The Morgan fingerprint density at radius 3 is 2.00 bits per heavy atom. The lowest BCUT2D eigenvalue weighted by Gasteiger charge is -2.18. The van der Waals surface area contributed by atoms with Gasteiger partial charge < -0.3 is 9.47 Å². The molecule has 2 aromatic carbocycles. The molecule has 0 bridgehead atoms. The molecule has 0 aliphatic carbocycles. The van der Waals surface area contributed by atoms with Crippen molar-refractivity contribution in [3.63, 3.8) is 0 Å². The van der Waals surface area contributed by atoms with Crippen molar-refractivity contribution >= 4 is 58.1 Å². The Bertz CT molecular complexity index is 946. The molecule has 0 amide bonds. The number of rotatable bonds is 5. The summed E-state index contributed by atoms with van der Waals surface area (Å²) in [6, 6.07) is 3.27. The molecule has 2 rings (SSSR count). The van der Waals surface area contributed by atoms with E-state index in [9.17, 15) is 14.9 Å². The summed E-state index contributed by atoms with van der Waals surface area (Å²) in [5, 5.41) is 9.90. The molecule has 0 heterocycles. The molecule has 10 heteroatoms. The fourth-order valence-corrected chi connectivity index (χ4v) is 3.55. The maximum atomic E-state index is 11.4. The van der Waals surface area contributed by atoms with E-state index in [-0.39, 0.29) is 31.8 Å². The lowest BCUT2D eigenvalue weighted by atomic mass is 9.99. The number of hydrogen-bond donors (Lipinski definition) is 0. The van der Waals surface area contributed by atoms with Gasteiger partial charge >= 0.3 is 11.7 Å². The third-order valence-electron chi connectivity index (χ3n) is 3.75. The van der Waals surface area contributed by atoms with Crippen molar-refractivity contribution in [2.75, 3.05) is 0 Å². The van der Waals surface area contributed by atoms with Gasteiger partial charge in [-0.3, -0.25) is 14.9 Å². The van der Waals surface area contributed by atoms with Crippen LogP contribution >= 0.6 is 46.4 Å². The number of nitro groups is 1. The monoisotopic (exact) mass is 465 g/mol. The van der Waals surface area contributed by atoms with Gasteiger partial charge in [-0.2, -0.15) is 0 Å². The van der Waals surface area contributed by atoms with Crippen molar-refractivity contribution in [2.45, 2.75) is 33.6 Å². The standard InChI is InChI=1S/C18H15Cl4NO5/c1-7(2)11-6-10(5-8(3)17(11)27-9(4)24)28-18-14(21)12(19)16(23(25)26)13(20)15(18)22/h5-7H,1-4H3. The summed E-state index contributed by atoms with van der Waals surface area (Å²) in [5.41, 5.74) is 0.759. The predicted octanol–water partition coefficient (Wildman–Crippen LogP) is 7.36. The molecular weight excluding hydrogens is 452 g/mol. The van der Waals surface area contributed by atoms with Crippen LogP contribution in [-0.4, -0.2) is 10.9 Å². The Kier molecular flexibility index (Phi) is 7.04. The highest BCUT2D eigenvalue weighted by atomic mass is 35.5. The fourth-order valence-electron chi connectivity index (χ4n) is 2.51. The van der Waals surface area contributed by atoms with E-state index in [4.69, 9.17) is 55.9 Å². The summed E-state index contributed by atoms with van der Waals surface area (Å²) in [7, 11) is 0. The Morgan fingerprint density at radius 1 is 1.04 bits per heavy atom. The molecule has 0 spiro atoms. The number of nitrogens with zero attached hydrogens (tertiary/aromatic N) is 1. The molecule has 0 N–H and O–H groups in total. The Morgan fingerprint density at radius 2 is 1.57 bits per heavy atom. The maximum absolute atomic E-state index is 11.4. The van der Waals surface area contributed by atoms with Gasteiger partial charge in [0.2, 0.25) is 0 Å². The van der Waals surface area contributed by atoms with Crippen LogP contribution < -0.4 is 9.47 Å². The highest BCUT2D eigenvalue weighted by Gasteiger charge is 2.29. The summed E-state index contributed by atoms with van der Waals surface area (Å²) in [6.07, 6.45) is 0. The van der Waals surface area contributed by atoms with Gasteiger partial charge in [-0.25, -0.2) is 0 Å². The number of carbonyl (C=O) groups excluding carboxylic acids is 1. The fraction of sp³-hybridized carbons (Fsp3) is 0.278. The number of hydrogen-bond acceptors (Lipinski definition) is 5. The molecule has 2 aromatic rings. The van der Waals surface area contributed by atoms with Gasteiger partial charge in [0.05, 0.1) is 4.92 Å². The van der Waals surface area contributed by atoms with E-state index in [2.05, 4.69) is 0 Å². The zero-order valence-corrected chi connectivity index (χ0v) is 18.3. The molecule has 28 heavy (non-hydrogen) atoms. The van der Waals surface area contributed by atoms with Gasteiger partial charge in [-0.05, 0) is 30.5 Å². The van der Waals surface area contributed by atoms with Crippen LogP contribution in [0.1, 0.15) is 37.8 Å². The number of benzene rings is 2. The van der Waals surface area contributed by atoms with Crippen LogP contribution in [0.15, 0.2) is 12.1 Å². The minimum Gasteiger partial charge on any atom is -0.454 e. The number of esters is 1. The molecule has 0 saturated heterocycles. The second-order valence-electron chi connectivity index (χ2n) is 6.20. The molecular formula is C18H15Cl4NO5. The van der Waals surface area contributed by atoms with Crippen molar-refractivity contribution in [1.29, 1.82) is 0 Å². The molecule has 0 atom stereocenters. The average Bonchev–Trinajstić information content (AvgIpc) is 2.58. The SMILES string of the molecule is CC(=O)Oc1c(C)cc(Oc2c(Cl)c(Cl)c([N+](=O)[O-])c(Cl)c2Cl)cc1C(C)C. The van der Waals surface area contributed by atoms with E-state index in [1.807, 2.05) is 13.8 Å². The predicted molar refractivity (Wildman–Crippen MR) is 110 cm³/mol. The normalized spacial score (nSPS) is 10.9. The van der Waals surface area contributed by atoms with E-state index in [1.54, 1.807) is 19.1 Å². The summed E-state index contributed by atoms with van der Waals surface area (Å²) in [5.74, 6) is 0.206. The number of carbonyl (C=O) groups is 1. The molecule has 0 aliphatic rings. The molecule has 150 valence electrons. The number of nitro benzene ring substituents is 1. The van der Waals surface area contributed by atoms with Crippen LogP contribution in [0.5, 0.6) is 17.2 Å². The van der Waals surface area contributed by atoms with Gasteiger partial charge in [0.15, 0.2) is 5.75 Å². The lowest BCUT2D eigenvalue weighted by molar-refractivity contribution is -0.384. The van der Waals surface area contributed by atoms with Crippen molar-refractivity contribution < 1.29 is 19.2 Å². The Labute approximate surface area is 181 Å². The van der Waals surface area contributed by atoms with Crippen LogP contribution in [0.2, 0.25) is 20.1 Å². The summed E-state index contributed by atoms with van der Waals surface area (Å²) in [4.78, 5) is 21.8. The van der Waals surface area contributed by atoms with E-state index in [1.165, 1.54) is 6.92 Å². The van der Waals surface area contributed by atoms with Crippen molar-refractivity contribution in [1.82, 2.24) is 0 Å². The molecule has 0 saturated carbocycles. The molecule has 6 nitrogen and oxygen atoms in total. The quantitative estimate of drug-likeness (QED) is 0.151. The number of halogens is 4. The van der Waals surface area contributed by atoms with Gasteiger partial charge in [-0.1, -0.05) is 60.3 Å². The van der Waals surface area contributed by atoms with E-state index < -0.39 is 16.6 Å². The molecule has 0 aromatic heterocycles. The summed E-state index contributed by atoms with van der Waals surface area (Å²) < 4.78 is 11.1. The highest BCUT2D eigenvalue weighted by Crippen LogP contribution is 2.51. The summed E-state index contributed by atoms with van der Waals surface area (Å²) in [6.45, 7) is 6.90. The second-order valence-corrected chi connectivity index (χ2v) is 7.71. The minimum atomic E-state index is -0.777. The van der Waals surface area contributed by atoms with E-state index in [0.717, 1.165) is 5.56 Å². The first-order valence-corrected chi connectivity index (χ1v) is 9.48. The maximum Gasteiger partial charge on any atom is 0.309 e. The zero-order chi connectivity index (χ0) is 21.3. The van der Waals surface area contributed by atoms with Crippen LogP contribution in [0.25, 0.3) is 0 Å². The third-order valence-corrected chi connectivity index (χ3v) is 5.40. The van der Waals surface area contributed by atoms with Crippen molar-refractivity contribution in [2.24, 2.45) is 0 Å². The van der Waals surface area contributed by atoms with Crippen molar-refractivity contribution in [3.05, 3.63) is 53.5 Å². The minimum absolute atomic E-state index is 0.00609.